The van der Waals surface area contributed by atoms with Crippen LogP contribution in [-0.2, 0) is 14.8 Å². The highest BCUT2D eigenvalue weighted by molar-refractivity contribution is 7.92. The number of quaternary nitrogens is 1. The molecule has 1 heterocycles. The Morgan fingerprint density at radius 1 is 1.15 bits per heavy atom. The molecule has 1 aromatic heterocycles. The van der Waals surface area contributed by atoms with Gasteiger partial charge in [-0.3, -0.25) is 0 Å². The Balaban J connectivity index is 1.97. The summed E-state index contributed by atoms with van der Waals surface area (Å²) in [5.74, 6) is 1.06. The van der Waals surface area contributed by atoms with Gasteiger partial charge in [-0.1, -0.05) is 37.6 Å². The topological polar surface area (TPSA) is 89.5 Å². The summed E-state index contributed by atoms with van der Waals surface area (Å²) < 4.78 is 33.5. The highest BCUT2D eigenvalue weighted by atomic mass is 32.2. The van der Waals surface area contributed by atoms with Crippen molar-refractivity contribution in [1.29, 1.82) is 0 Å². The van der Waals surface area contributed by atoms with Gasteiger partial charge in [-0.15, -0.1) is 0 Å². The van der Waals surface area contributed by atoms with Crippen LogP contribution in [0.5, 0.6) is 0 Å². The van der Waals surface area contributed by atoms with Gasteiger partial charge in [0.25, 0.3) is 10.0 Å². The Kier molecular flexibility index (Phi) is 7.34. The summed E-state index contributed by atoms with van der Waals surface area (Å²) in [6.45, 7) is 5.99. The van der Waals surface area contributed by atoms with E-state index in [9.17, 15) is 13.2 Å². The predicted molar refractivity (Wildman–Crippen MR) is 129 cm³/mol. The number of ether oxygens (including phenoxy) is 1. The molecule has 0 unspecified atom stereocenters. The number of carbonyl (C=O) groups excluding carboxylic acids is 1. The molecule has 33 heavy (non-hydrogen) atoms. The first-order valence-electron chi connectivity index (χ1n) is 10.9. The molecule has 9 heteroatoms. The third kappa shape index (κ3) is 5.66. The lowest BCUT2D eigenvalue weighted by Crippen LogP contribution is -2.47. The van der Waals surface area contributed by atoms with Gasteiger partial charge in [0, 0.05) is 6.54 Å². The number of allylic oxidation sites excluding steroid dienone is 3. The number of hydrogen-bond acceptors (Lipinski definition) is 6. The maximum absolute atomic E-state index is 13.5. The minimum atomic E-state index is -3.87. The smallest absolute Gasteiger partial charge is 0.381 e. The number of nitrogens with zero attached hydrogens (tertiary/aromatic N) is 4. The van der Waals surface area contributed by atoms with E-state index in [4.69, 9.17) is 4.74 Å². The minimum Gasteiger partial charge on any atom is -0.381 e. The third-order valence-corrected chi connectivity index (χ3v) is 7.01. The quantitative estimate of drug-likeness (QED) is 0.550. The SMILES string of the molecule is Cc1ccc(S(=O)(=O)N(CC(C)C)c2cc([N+](C)(C)C(=O)OC3=CCCC=C3)ncn2)cc1. The van der Waals surface area contributed by atoms with E-state index in [1.165, 1.54) is 16.7 Å². The van der Waals surface area contributed by atoms with E-state index in [0.29, 0.717) is 11.6 Å². The molecular weight excluding hydrogens is 440 g/mol. The van der Waals surface area contributed by atoms with Crippen LogP contribution in [0.25, 0.3) is 0 Å². The molecule has 1 aliphatic carbocycles. The van der Waals surface area contributed by atoms with E-state index >= 15 is 0 Å². The number of rotatable bonds is 7. The number of sulfonamides is 1. The molecular formula is C24H31N4O4S+. The molecule has 1 amide bonds. The zero-order chi connectivity index (χ0) is 24.2. The van der Waals surface area contributed by atoms with Crippen LogP contribution in [0, 0.1) is 12.8 Å². The second kappa shape index (κ2) is 9.84. The molecule has 0 bridgehead atoms. The summed E-state index contributed by atoms with van der Waals surface area (Å²) >= 11 is 0. The van der Waals surface area contributed by atoms with Crippen molar-refractivity contribution < 1.29 is 17.9 Å². The van der Waals surface area contributed by atoms with E-state index < -0.39 is 16.1 Å². The summed E-state index contributed by atoms with van der Waals surface area (Å²) in [6.07, 6.45) is 8.05. The molecule has 0 N–H and O–H groups in total. The van der Waals surface area contributed by atoms with Crippen molar-refractivity contribution in [3.63, 3.8) is 0 Å². The Morgan fingerprint density at radius 2 is 1.85 bits per heavy atom. The van der Waals surface area contributed by atoms with E-state index in [2.05, 4.69) is 9.97 Å². The number of anilines is 1. The molecule has 0 atom stereocenters. The van der Waals surface area contributed by atoms with E-state index in [1.807, 2.05) is 32.9 Å². The average molecular weight is 472 g/mol. The Morgan fingerprint density at radius 3 is 2.45 bits per heavy atom. The molecule has 1 aromatic carbocycles. The fraction of sp³-hybridized carbons (Fsp3) is 0.375. The Bertz CT molecular complexity index is 1170. The van der Waals surface area contributed by atoms with Gasteiger partial charge < -0.3 is 4.74 Å². The normalized spacial score (nSPS) is 14.2. The number of aryl methyl sites for hydroxylation is 1. The van der Waals surface area contributed by atoms with Crippen molar-refractivity contribution in [3.8, 4) is 0 Å². The summed E-state index contributed by atoms with van der Waals surface area (Å²) in [6, 6.07) is 8.22. The molecule has 0 saturated carbocycles. The zero-order valence-corrected chi connectivity index (χ0v) is 20.5. The van der Waals surface area contributed by atoms with Gasteiger partial charge in [-0.25, -0.2) is 17.7 Å². The fourth-order valence-corrected chi connectivity index (χ4v) is 4.81. The molecule has 1 aliphatic rings. The van der Waals surface area contributed by atoms with Crippen molar-refractivity contribution in [3.05, 3.63) is 66.2 Å². The van der Waals surface area contributed by atoms with Crippen molar-refractivity contribution in [1.82, 2.24) is 14.5 Å². The summed E-state index contributed by atoms with van der Waals surface area (Å²) in [4.78, 5) is 21.6. The standard InChI is InChI=1S/C24H31N4O4S/c1-18(2)16-27(33(30,31)21-13-11-19(3)12-14-21)22-15-23(26-17-25-22)28(4,5)24(29)32-20-9-7-6-8-10-20/h7,9-15,17-18H,6,8,16H2,1-5H3/q+1. The average Bonchev–Trinajstić information content (AvgIpc) is 2.78. The second-order valence-electron chi connectivity index (χ2n) is 8.89. The lowest BCUT2D eigenvalue weighted by molar-refractivity contribution is 0.149. The van der Waals surface area contributed by atoms with Crippen LogP contribution in [0.1, 0.15) is 32.3 Å². The highest BCUT2D eigenvalue weighted by Crippen LogP contribution is 2.28. The molecule has 0 spiro atoms. The molecule has 0 saturated heterocycles. The minimum absolute atomic E-state index is 0.0427. The molecule has 176 valence electrons. The van der Waals surface area contributed by atoms with Gasteiger partial charge >= 0.3 is 6.09 Å². The van der Waals surface area contributed by atoms with Crippen LogP contribution in [0.2, 0.25) is 0 Å². The van der Waals surface area contributed by atoms with Crippen LogP contribution >= 0.6 is 0 Å². The maximum atomic E-state index is 13.5. The van der Waals surface area contributed by atoms with E-state index in [0.717, 1.165) is 18.4 Å². The third-order valence-electron chi connectivity index (χ3n) is 5.23. The van der Waals surface area contributed by atoms with Crippen LogP contribution in [0.3, 0.4) is 0 Å². The molecule has 0 aliphatic heterocycles. The van der Waals surface area contributed by atoms with Crippen LogP contribution in [-0.4, -0.2) is 45.1 Å². The number of benzene rings is 1. The summed E-state index contributed by atoms with van der Waals surface area (Å²) in [5.41, 5.74) is 0.967. The van der Waals surface area contributed by atoms with Crippen molar-refractivity contribution in [2.24, 2.45) is 5.92 Å². The zero-order valence-electron chi connectivity index (χ0n) is 19.7. The summed E-state index contributed by atoms with van der Waals surface area (Å²) in [7, 11) is -0.586. The van der Waals surface area contributed by atoms with Crippen LogP contribution < -0.4 is 8.79 Å². The van der Waals surface area contributed by atoms with Gasteiger partial charge in [0.15, 0.2) is 5.82 Å². The highest BCUT2D eigenvalue weighted by Gasteiger charge is 2.36. The molecule has 0 fully saturated rings. The van der Waals surface area contributed by atoms with Crippen molar-refractivity contribution in [2.75, 3.05) is 24.9 Å². The molecule has 2 aromatic rings. The lowest BCUT2D eigenvalue weighted by atomic mass is 10.2. The monoisotopic (exact) mass is 471 g/mol. The predicted octanol–water partition coefficient (Wildman–Crippen LogP) is 4.57. The number of amides is 1. The number of aromatic nitrogens is 2. The first kappa shape index (κ1) is 24.6. The lowest BCUT2D eigenvalue weighted by Gasteiger charge is -2.27. The van der Waals surface area contributed by atoms with Crippen LogP contribution in [0.4, 0.5) is 16.4 Å². The first-order chi connectivity index (χ1) is 15.5. The Labute approximate surface area is 195 Å². The largest absolute Gasteiger partial charge is 0.527 e. The maximum Gasteiger partial charge on any atom is 0.527 e. The molecule has 3 rings (SSSR count). The first-order valence-corrected chi connectivity index (χ1v) is 12.3. The number of carbonyl (C=O) groups is 1. The summed E-state index contributed by atoms with van der Waals surface area (Å²) in [5, 5.41) is 0. The van der Waals surface area contributed by atoms with Gasteiger partial charge in [-0.05, 0) is 50.0 Å². The number of hydrogen-bond donors (Lipinski definition) is 0. The molecule has 8 nitrogen and oxygen atoms in total. The fourth-order valence-electron chi connectivity index (χ4n) is 3.24. The van der Waals surface area contributed by atoms with Crippen molar-refractivity contribution >= 4 is 27.8 Å². The van der Waals surface area contributed by atoms with E-state index in [1.54, 1.807) is 44.4 Å². The van der Waals surface area contributed by atoms with Crippen LogP contribution in [0.15, 0.2) is 65.5 Å². The van der Waals surface area contributed by atoms with Gasteiger partial charge in [-0.2, -0.15) is 14.3 Å². The second-order valence-corrected chi connectivity index (χ2v) is 10.7. The Hall–Kier alpha value is -3.04. The van der Waals surface area contributed by atoms with Gasteiger partial charge in [0.2, 0.25) is 5.82 Å². The van der Waals surface area contributed by atoms with Gasteiger partial charge in [0.1, 0.15) is 12.1 Å². The van der Waals surface area contributed by atoms with E-state index in [-0.39, 0.29) is 27.7 Å². The molecule has 0 radical (unpaired) electrons. The van der Waals surface area contributed by atoms with Gasteiger partial charge in [0.05, 0.1) is 25.1 Å². The van der Waals surface area contributed by atoms with Crippen molar-refractivity contribution in [2.45, 2.75) is 38.5 Å².